The van der Waals surface area contributed by atoms with Gasteiger partial charge < -0.3 is 9.62 Å². The van der Waals surface area contributed by atoms with E-state index in [4.69, 9.17) is 4.42 Å². The first kappa shape index (κ1) is 15.9. The molecule has 1 aliphatic carbocycles. The third-order valence-corrected chi connectivity index (χ3v) is 4.12. The van der Waals surface area contributed by atoms with Crippen LogP contribution in [-0.2, 0) is 6.42 Å². The van der Waals surface area contributed by atoms with Crippen molar-refractivity contribution >= 4 is 11.4 Å². The first-order valence-electron chi connectivity index (χ1n) is 7.44. The van der Waals surface area contributed by atoms with Crippen molar-refractivity contribution in [3.05, 3.63) is 62.2 Å². The lowest BCUT2D eigenvalue weighted by Crippen LogP contribution is -2.29. The van der Waals surface area contributed by atoms with Crippen LogP contribution in [0.3, 0.4) is 0 Å². The van der Waals surface area contributed by atoms with Crippen LogP contribution in [0.1, 0.15) is 31.6 Å². The molecule has 0 fully saturated rings. The zero-order valence-corrected chi connectivity index (χ0v) is 13.3. The number of nitro groups is 1. The Hall–Kier alpha value is -2.96. The maximum absolute atomic E-state index is 11.9. The maximum Gasteiger partial charge on any atom is 0.336 e. The van der Waals surface area contributed by atoms with Crippen LogP contribution < -0.4 is 5.63 Å². The van der Waals surface area contributed by atoms with Gasteiger partial charge in [0.25, 0.3) is 5.69 Å². The summed E-state index contributed by atoms with van der Waals surface area (Å²) < 4.78 is 5.34. The predicted molar refractivity (Wildman–Crippen MR) is 87.5 cm³/mol. The van der Waals surface area contributed by atoms with Crippen LogP contribution in [0.15, 0.2) is 44.7 Å². The Balaban J connectivity index is 2.21. The molecule has 3 rings (SSSR count). The van der Waals surface area contributed by atoms with Crippen molar-refractivity contribution < 1.29 is 14.5 Å². The summed E-state index contributed by atoms with van der Waals surface area (Å²) in [5.74, 6) is 0.472. The van der Waals surface area contributed by atoms with E-state index in [-0.39, 0.29) is 11.1 Å². The lowest BCUT2D eigenvalue weighted by molar-refractivity contribution is -0.384. The minimum atomic E-state index is -0.503. The van der Waals surface area contributed by atoms with Gasteiger partial charge in [0.1, 0.15) is 5.76 Å². The van der Waals surface area contributed by atoms with Crippen molar-refractivity contribution in [2.75, 3.05) is 0 Å². The van der Waals surface area contributed by atoms with Gasteiger partial charge in [0.15, 0.2) is 0 Å². The van der Waals surface area contributed by atoms with Gasteiger partial charge in [-0.3, -0.25) is 10.1 Å². The summed E-state index contributed by atoms with van der Waals surface area (Å²) >= 11 is 0. The largest absolute Gasteiger partial charge is 0.427 e. The Kier molecular flexibility index (Phi) is 3.71. The van der Waals surface area contributed by atoms with E-state index in [2.05, 4.69) is 5.16 Å². The number of rotatable bonds is 2. The number of benzene rings is 1. The smallest absolute Gasteiger partial charge is 0.336 e. The van der Waals surface area contributed by atoms with Gasteiger partial charge in [-0.2, -0.15) is 0 Å². The third kappa shape index (κ3) is 2.80. The molecule has 1 heterocycles. The molecule has 124 valence electrons. The molecule has 1 aromatic carbocycles. The first-order chi connectivity index (χ1) is 11.3. The molecular formula is C17H16N2O5. The molecule has 0 saturated carbocycles. The van der Waals surface area contributed by atoms with Gasteiger partial charge in [0.05, 0.1) is 10.6 Å². The zero-order valence-electron chi connectivity index (χ0n) is 13.3. The number of hydrogen-bond acceptors (Lipinski definition) is 6. The normalized spacial score (nSPS) is 17.5. The number of hydrogen-bond donors (Lipinski definition) is 1. The topological polar surface area (TPSA) is 106 Å². The van der Waals surface area contributed by atoms with Gasteiger partial charge >= 0.3 is 5.63 Å². The van der Waals surface area contributed by atoms with E-state index in [0.29, 0.717) is 41.0 Å². The van der Waals surface area contributed by atoms with Crippen LogP contribution in [0.5, 0.6) is 0 Å². The van der Waals surface area contributed by atoms with E-state index in [9.17, 15) is 20.1 Å². The molecule has 0 radical (unpaired) electrons. The molecule has 1 N–H and O–H groups in total. The second kappa shape index (κ2) is 5.59. The number of nitro benzene ring substituents is 1. The molecule has 7 heteroatoms. The van der Waals surface area contributed by atoms with Gasteiger partial charge in [-0.1, -0.05) is 19.0 Å². The highest BCUT2D eigenvalue weighted by Crippen LogP contribution is 2.38. The Labute approximate surface area is 137 Å². The third-order valence-electron chi connectivity index (χ3n) is 4.12. The van der Waals surface area contributed by atoms with Crippen LogP contribution in [0, 0.1) is 15.5 Å². The van der Waals surface area contributed by atoms with Crippen molar-refractivity contribution in [2.24, 2.45) is 10.6 Å². The molecule has 0 saturated heterocycles. The molecular weight excluding hydrogens is 312 g/mol. The van der Waals surface area contributed by atoms with Crippen LogP contribution >= 0.6 is 0 Å². The van der Waals surface area contributed by atoms with Gasteiger partial charge in [-0.05, 0) is 29.5 Å². The second-order valence-corrected chi connectivity index (χ2v) is 6.65. The Morgan fingerprint density at radius 2 is 1.92 bits per heavy atom. The highest BCUT2D eigenvalue weighted by atomic mass is 16.6. The fraction of sp³-hybridized carbons (Fsp3) is 0.294. The summed E-state index contributed by atoms with van der Waals surface area (Å²) in [5.41, 5.74) is 1.48. The SMILES string of the molecule is CC1(C)C/C(=N\O)c2c(-c3ccc([N+](=O)[O-])cc3)cc(=O)oc2C1. The average molecular weight is 328 g/mol. The first-order valence-corrected chi connectivity index (χ1v) is 7.44. The van der Waals surface area contributed by atoms with Crippen LogP contribution in [0.2, 0.25) is 0 Å². The predicted octanol–water partition coefficient (Wildman–Crippen LogP) is 3.37. The molecule has 0 bridgehead atoms. The van der Waals surface area contributed by atoms with Crippen molar-refractivity contribution in [3.63, 3.8) is 0 Å². The van der Waals surface area contributed by atoms with Gasteiger partial charge in [-0.25, -0.2) is 4.79 Å². The Bertz CT molecular complexity index is 894. The summed E-state index contributed by atoms with van der Waals surface area (Å²) in [6.45, 7) is 4.00. The van der Waals surface area contributed by atoms with E-state index in [1.165, 1.54) is 18.2 Å². The van der Waals surface area contributed by atoms with E-state index in [1.807, 2.05) is 13.8 Å². The van der Waals surface area contributed by atoms with Crippen molar-refractivity contribution in [1.29, 1.82) is 0 Å². The Morgan fingerprint density at radius 3 is 2.50 bits per heavy atom. The molecule has 7 nitrogen and oxygen atoms in total. The highest BCUT2D eigenvalue weighted by Gasteiger charge is 2.34. The standard InChI is InChI=1S/C17H16N2O5/c1-17(2)8-13(18-21)16-12(7-15(20)24-14(16)9-17)10-3-5-11(6-4-10)19(22)23/h3-7,21H,8-9H2,1-2H3/b18-13+. The van der Waals surface area contributed by atoms with E-state index in [1.54, 1.807) is 12.1 Å². The minimum absolute atomic E-state index is 0.0345. The number of non-ortho nitro benzene ring substituents is 1. The van der Waals surface area contributed by atoms with Gasteiger partial charge in [0.2, 0.25) is 0 Å². The molecule has 0 amide bonds. The molecule has 0 atom stereocenters. The molecule has 1 aromatic heterocycles. The van der Waals surface area contributed by atoms with Gasteiger partial charge in [-0.15, -0.1) is 0 Å². The molecule has 2 aromatic rings. The second-order valence-electron chi connectivity index (χ2n) is 6.65. The number of nitrogens with zero attached hydrogens (tertiary/aromatic N) is 2. The fourth-order valence-corrected chi connectivity index (χ4v) is 3.10. The molecule has 0 aliphatic heterocycles. The summed E-state index contributed by atoms with van der Waals surface area (Å²) in [4.78, 5) is 22.2. The van der Waals surface area contributed by atoms with Gasteiger partial charge in [0, 0.05) is 35.7 Å². The lowest BCUT2D eigenvalue weighted by atomic mass is 9.74. The van der Waals surface area contributed by atoms with E-state index in [0.717, 1.165) is 0 Å². The van der Waals surface area contributed by atoms with E-state index < -0.39 is 10.5 Å². The number of fused-ring (bicyclic) bond motifs is 1. The van der Waals surface area contributed by atoms with Crippen LogP contribution in [0.4, 0.5) is 5.69 Å². The molecule has 0 unspecified atom stereocenters. The molecule has 24 heavy (non-hydrogen) atoms. The monoisotopic (exact) mass is 328 g/mol. The number of oxime groups is 1. The quantitative estimate of drug-likeness (QED) is 0.517. The Morgan fingerprint density at radius 1 is 1.25 bits per heavy atom. The summed E-state index contributed by atoms with van der Waals surface area (Å²) in [7, 11) is 0. The van der Waals surface area contributed by atoms with E-state index >= 15 is 0 Å². The summed E-state index contributed by atoms with van der Waals surface area (Å²) in [5, 5.41) is 23.6. The molecule has 1 aliphatic rings. The average Bonchev–Trinajstić information content (AvgIpc) is 2.52. The maximum atomic E-state index is 11.9. The van der Waals surface area contributed by atoms with Crippen molar-refractivity contribution in [3.8, 4) is 11.1 Å². The molecule has 0 spiro atoms. The van der Waals surface area contributed by atoms with Crippen LogP contribution in [0.25, 0.3) is 11.1 Å². The van der Waals surface area contributed by atoms with Crippen molar-refractivity contribution in [1.82, 2.24) is 0 Å². The minimum Gasteiger partial charge on any atom is -0.427 e. The van der Waals surface area contributed by atoms with Crippen LogP contribution in [-0.4, -0.2) is 15.8 Å². The lowest BCUT2D eigenvalue weighted by Gasteiger charge is -2.31. The summed E-state index contributed by atoms with van der Waals surface area (Å²) in [6.07, 6.45) is 1.07. The van der Waals surface area contributed by atoms with Crippen molar-refractivity contribution in [2.45, 2.75) is 26.7 Å². The summed E-state index contributed by atoms with van der Waals surface area (Å²) in [6, 6.07) is 7.21. The fourth-order valence-electron chi connectivity index (χ4n) is 3.10. The zero-order chi connectivity index (χ0) is 17.5. The highest BCUT2D eigenvalue weighted by molar-refractivity contribution is 6.07.